The minimum Gasteiger partial charge on any atom is -0.493 e. The molecule has 2 aliphatic heterocycles. The maximum atomic E-state index is 12.8. The van der Waals surface area contributed by atoms with Crippen LogP contribution in [0.15, 0.2) is 35.2 Å². The third-order valence-corrected chi connectivity index (χ3v) is 6.38. The molecule has 0 saturated carbocycles. The Balaban J connectivity index is 1.46. The molecule has 0 atom stereocenters. The van der Waals surface area contributed by atoms with Crippen LogP contribution in [-0.2, 0) is 9.59 Å². The fourth-order valence-electron chi connectivity index (χ4n) is 3.21. The lowest BCUT2D eigenvalue weighted by molar-refractivity contribution is -0.127. The van der Waals surface area contributed by atoms with E-state index in [4.69, 9.17) is 18.9 Å². The van der Waals surface area contributed by atoms with Crippen LogP contribution in [0.1, 0.15) is 12.5 Å². The van der Waals surface area contributed by atoms with Crippen molar-refractivity contribution in [3.63, 3.8) is 0 Å². The topological polar surface area (TPSA) is 103 Å². The second-order valence-electron chi connectivity index (χ2n) is 6.85. The molecule has 0 aliphatic carbocycles. The van der Waals surface area contributed by atoms with E-state index in [9.17, 15) is 14.4 Å². The molecule has 0 radical (unpaired) electrons. The Bertz CT molecular complexity index is 1170. The van der Waals surface area contributed by atoms with Crippen LogP contribution < -0.4 is 24.3 Å². The molecule has 1 saturated heterocycles. The smallest absolute Gasteiger partial charge is 0.294 e. The lowest BCUT2D eigenvalue weighted by Crippen LogP contribution is -2.36. The summed E-state index contributed by atoms with van der Waals surface area (Å²) in [5, 5.41) is 2.15. The predicted octanol–water partition coefficient (Wildman–Crippen LogP) is 4.10. The molecule has 2 aromatic rings. The summed E-state index contributed by atoms with van der Waals surface area (Å²) >= 11 is 2.91. The Kier molecular flexibility index (Phi) is 6.98. The molecule has 1 N–H and O–H groups in total. The first-order valence-electron chi connectivity index (χ1n) is 9.84. The van der Waals surface area contributed by atoms with Crippen LogP contribution in [0, 0.1) is 3.57 Å². The molecule has 0 unspecified atom stereocenters. The van der Waals surface area contributed by atoms with Gasteiger partial charge in [0.1, 0.15) is 6.54 Å². The molecular weight excluding hydrogens is 563 g/mol. The molecule has 1 fully saturated rings. The van der Waals surface area contributed by atoms with Crippen molar-refractivity contribution in [3.8, 4) is 23.0 Å². The SMILES string of the molecule is CCOc1c(I)cc(/C=C2/SC(=O)N(CC(=O)Nc3ccc4c(c3)OCO4)C2=O)cc1OC. The van der Waals surface area contributed by atoms with Crippen molar-refractivity contribution in [1.29, 1.82) is 0 Å². The van der Waals surface area contributed by atoms with E-state index in [0.29, 0.717) is 40.9 Å². The standard InChI is InChI=1S/C22H19IN2O7S/c1-3-30-20-14(23)6-12(7-17(20)29-2)8-18-21(27)25(22(28)33-18)10-19(26)24-13-4-5-15-16(9-13)32-11-31-15/h4-9H,3,10-11H2,1-2H3,(H,24,26)/b18-8+. The number of halogens is 1. The lowest BCUT2D eigenvalue weighted by Gasteiger charge is -2.13. The second kappa shape index (κ2) is 9.91. The molecule has 2 heterocycles. The van der Waals surface area contributed by atoms with E-state index in [2.05, 4.69) is 27.9 Å². The van der Waals surface area contributed by atoms with Crippen molar-refractivity contribution in [2.24, 2.45) is 0 Å². The number of amides is 3. The van der Waals surface area contributed by atoms with Crippen LogP contribution in [0.25, 0.3) is 6.08 Å². The number of anilines is 1. The largest absolute Gasteiger partial charge is 0.493 e. The quantitative estimate of drug-likeness (QED) is 0.385. The number of benzene rings is 2. The maximum Gasteiger partial charge on any atom is 0.294 e. The van der Waals surface area contributed by atoms with Gasteiger partial charge in [-0.25, -0.2) is 0 Å². The second-order valence-corrected chi connectivity index (χ2v) is 9.01. The summed E-state index contributed by atoms with van der Waals surface area (Å²) in [5.74, 6) is 1.21. The Morgan fingerprint density at radius 1 is 1.24 bits per heavy atom. The van der Waals surface area contributed by atoms with Crippen molar-refractivity contribution in [2.45, 2.75) is 6.92 Å². The van der Waals surface area contributed by atoms with Gasteiger partial charge in [-0.3, -0.25) is 19.3 Å². The highest BCUT2D eigenvalue weighted by molar-refractivity contribution is 14.1. The van der Waals surface area contributed by atoms with E-state index in [1.807, 2.05) is 13.0 Å². The molecule has 0 aromatic heterocycles. The number of nitrogens with one attached hydrogen (secondary N) is 1. The lowest BCUT2D eigenvalue weighted by atomic mass is 10.2. The fourth-order valence-corrected chi connectivity index (χ4v) is 4.83. The molecule has 33 heavy (non-hydrogen) atoms. The maximum absolute atomic E-state index is 12.8. The van der Waals surface area contributed by atoms with Gasteiger partial charge in [-0.15, -0.1) is 0 Å². The van der Waals surface area contributed by atoms with Gasteiger partial charge in [-0.1, -0.05) is 0 Å². The van der Waals surface area contributed by atoms with Gasteiger partial charge < -0.3 is 24.3 Å². The highest BCUT2D eigenvalue weighted by Gasteiger charge is 2.36. The van der Waals surface area contributed by atoms with Gasteiger partial charge in [0.2, 0.25) is 12.7 Å². The van der Waals surface area contributed by atoms with Gasteiger partial charge in [0.05, 0.1) is 22.2 Å². The summed E-state index contributed by atoms with van der Waals surface area (Å²) in [6, 6.07) is 8.50. The first kappa shape index (κ1) is 23.2. The average Bonchev–Trinajstić information content (AvgIpc) is 3.35. The van der Waals surface area contributed by atoms with E-state index in [1.54, 1.807) is 30.3 Å². The highest BCUT2D eigenvalue weighted by atomic mass is 127. The molecule has 2 aliphatic rings. The molecule has 11 heteroatoms. The van der Waals surface area contributed by atoms with E-state index in [-0.39, 0.29) is 11.7 Å². The van der Waals surface area contributed by atoms with Gasteiger partial charge in [-0.2, -0.15) is 0 Å². The van der Waals surface area contributed by atoms with Gasteiger partial charge in [0.15, 0.2) is 23.0 Å². The number of methoxy groups -OCH3 is 1. The first-order valence-corrected chi connectivity index (χ1v) is 11.7. The highest BCUT2D eigenvalue weighted by Crippen LogP contribution is 2.37. The van der Waals surface area contributed by atoms with Crippen LogP contribution in [-0.4, -0.2) is 49.0 Å². The van der Waals surface area contributed by atoms with Crippen LogP contribution in [0.5, 0.6) is 23.0 Å². The average molecular weight is 582 g/mol. The van der Waals surface area contributed by atoms with Crippen LogP contribution >= 0.6 is 34.4 Å². The normalized spacial score (nSPS) is 15.8. The van der Waals surface area contributed by atoms with Crippen LogP contribution in [0.2, 0.25) is 0 Å². The fraction of sp³-hybridized carbons (Fsp3) is 0.227. The number of carbonyl (C=O) groups is 3. The molecule has 0 spiro atoms. The van der Waals surface area contributed by atoms with E-state index < -0.39 is 23.6 Å². The van der Waals surface area contributed by atoms with Gasteiger partial charge in [-0.05, 0) is 77.2 Å². The third kappa shape index (κ3) is 5.03. The molecule has 4 rings (SSSR count). The van der Waals surface area contributed by atoms with Crippen molar-refractivity contribution >= 4 is 63.2 Å². The van der Waals surface area contributed by atoms with Crippen molar-refractivity contribution < 1.29 is 33.3 Å². The number of fused-ring (bicyclic) bond motifs is 1. The summed E-state index contributed by atoms with van der Waals surface area (Å²) in [5.41, 5.74) is 1.15. The van der Waals surface area contributed by atoms with Crippen LogP contribution in [0.4, 0.5) is 10.5 Å². The zero-order valence-electron chi connectivity index (χ0n) is 17.7. The van der Waals surface area contributed by atoms with Gasteiger partial charge >= 0.3 is 0 Å². The molecule has 172 valence electrons. The molecule has 0 bridgehead atoms. The number of ether oxygens (including phenoxy) is 4. The Morgan fingerprint density at radius 2 is 2.03 bits per heavy atom. The van der Waals surface area contributed by atoms with Crippen molar-refractivity contribution in [2.75, 3.05) is 32.4 Å². The first-order chi connectivity index (χ1) is 15.9. The summed E-state index contributed by atoms with van der Waals surface area (Å²) in [7, 11) is 1.53. The van der Waals surface area contributed by atoms with E-state index in [0.717, 1.165) is 20.2 Å². The Morgan fingerprint density at radius 3 is 2.79 bits per heavy atom. The van der Waals surface area contributed by atoms with Crippen molar-refractivity contribution in [1.82, 2.24) is 4.90 Å². The minimum absolute atomic E-state index is 0.120. The summed E-state index contributed by atoms with van der Waals surface area (Å²) in [6.07, 6.45) is 1.60. The number of rotatable bonds is 7. The molecular formula is C22H19IN2O7S. The number of hydrogen-bond acceptors (Lipinski definition) is 8. The summed E-state index contributed by atoms with van der Waals surface area (Å²) in [4.78, 5) is 38.8. The molecule has 2 aromatic carbocycles. The monoisotopic (exact) mass is 582 g/mol. The van der Waals surface area contributed by atoms with Crippen LogP contribution in [0.3, 0.4) is 0 Å². The number of carbonyl (C=O) groups excluding carboxylic acids is 3. The summed E-state index contributed by atoms with van der Waals surface area (Å²) < 4.78 is 22.3. The molecule has 9 nitrogen and oxygen atoms in total. The molecule has 3 amide bonds. The predicted molar refractivity (Wildman–Crippen MR) is 131 cm³/mol. The number of hydrogen-bond donors (Lipinski definition) is 1. The van der Waals surface area contributed by atoms with E-state index in [1.165, 1.54) is 7.11 Å². The Labute approximate surface area is 207 Å². The third-order valence-electron chi connectivity index (χ3n) is 4.67. The van der Waals surface area contributed by atoms with Crippen molar-refractivity contribution in [3.05, 3.63) is 44.4 Å². The Hall–Kier alpha value is -2.93. The van der Waals surface area contributed by atoms with E-state index >= 15 is 0 Å². The zero-order chi connectivity index (χ0) is 23.5. The van der Waals surface area contributed by atoms with Gasteiger partial charge in [0, 0.05) is 11.8 Å². The zero-order valence-corrected chi connectivity index (χ0v) is 20.7. The number of nitrogens with zero attached hydrogens (tertiary/aromatic N) is 1. The minimum atomic E-state index is -0.534. The summed E-state index contributed by atoms with van der Waals surface area (Å²) in [6.45, 7) is 2.08. The van der Waals surface area contributed by atoms with Gasteiger partial charge in [0.25, 0.3) is 11.1 Å². The number of imide groups is 1. The number of thioether (sulfide) groups is 1.